The maximum absolute atomic E-state index is 12.7. The number of amides is 2. The lowest BCUT2D eigenvalue weighted by atomic mass is 10.1. The number of carbonyl (C=O) groups is 2. The van der Waals surface area contributed by atoms with Crippen molar-refractivity contribution in [3.05, 3.63) is 90.0 Å². The summed E-state index contributed by atoms with van der Waals surface area (Å²) in [6.45, 7) is 3.84. The number of hydrogen-bond acceptors (Lipinski definition) is 5. The van der Waals surface area contributed by atoms with Gasteiger partial charge in [-0.25, -0.2) is 0 Å². The minimum Gasteiger partial charge on any atom is -0.497 e. The van der Waals surface area contributed by atoms with E-state index < -0.39 is 0 Å². The van der Waals surface area contributed by atoms with Crippen molar-refractivity contribution in [1.82, 2.24) is 10.2 Å². The van der Waals surface area contributed by atoms with E-state index in [1.54, 1.807) is 55.6 Å². The second-order valence-corrected chi connectivity index (χ2v) is 8.63. The molecule has 1 aliphatic heterocycles. The van der Waals surface area contributed by atoms with E-state index in [-0.39, 0.29) is 24.5 Å². The molecule has 1 aliphatic rings. The van der Waals surface area contributed by atoms with Crippen molar-refractivity contribution >= 4 is 17.5 Å². The van der Waals surface area contributed by atoms with Crippen LogP contribution in [0.3, 0.4) is 0 Å². The van der Waals surface area contributed by atoms with Crippen molar-refractivity contribution < 1.29 is 19.1 Å². The first-order chi connectivity index (χ1) is 17.0. The topological polar surface area (TPSA) is 79.9 Å². The van der Waals surface area contributed by atoms with Crippen LogP contribution in [0.1, 0.15) is 35.3 Å². The molecule has 0 saturated carbocycles. The fourth-order valence-electron chi connectivity index (χ4n) is 4.22. The van der Waals surface area contributed by atoms with E-state index in [4.69, 9.17) is 9.47 Å². The van der Waals surface area contributed by atoms with Gasteiger partial charge in [-0.15, -0.1) is 0 Å². The van der Waals surface area contributed by atoms with Gasteiger partial charge in [0.25, 0.3) is 11.8 Å². The van der Waals surface area contributed by atoms with Crippen molar-refractivity contribution in [2.75, 3.05) is 32.1 Å². The predicted octanol–water partition coefficient (Wildman–Crippen LogP) is 4.28. The van der Waals surface area contributed by atoms with Crippen LogP contribution in [-0.2, 0) is 4.79 Å². The lowest BCUT2D eigenvalue weighted by Crippen LogP contribution is -2.37. The zero-order valence-corrected chi connectivity index (χ0v) is 20.1. The number of anilines is 1. The van der Waals surface area contributed by atoms with Gasteiger partial charge in [-0.05, 0) is 55.3 Å². The molecular weight excluding hydrogens is 442 g/mol. The summed E-state index contributed by atoms with van der Waals surface area (Å²) < 4.78 is 10.7. The second-order valence-electron chi connectivity index (χ2n) is 8.63. The zero-order chi connectivity index (χ0) is 24.6. The van der Waals surface area contributed by atoms with Crippen molar-refractivity contribution in [2.24, 2.45) is 0 Å². The Bertz CT molecular complexity index is 1130. The van der Waals surface area contributed by atoms with Crippen LogP contribution in [0.25, 0.3) is 0 Å². The summed E-state index contributed by atoms with van der Waals surface area (Å²) in [6.07, 6.45) is 0.923. The molecule has 2 atom stereocenters. The Morgan fingerprint density at radius 2 is 1.77 bits per heavy atom. The molecule has 7 heteroatoms. The third-order valence-electron chi connectivity index (χ3n) is 6.22. The first-order valence-corrected chi connectivity index (χ1v) is 11.8. The molecule has 4 rings (SSSR count). The fourth-order valence-corrected chi connectivity index (χ4v) is 4.22. The predicted molar refractivity (Wildman–Crippen MR) is 136 cm³/mol. The Kier molecular flexibility index (Phi) is 8.00. The minimum absolute atomic E-state index is 0.105. The minimum atomic E-state index is -0.282. The van der Waals surface area contributed by atoms with E-state index in [0.717, 1.165) is 19.5 Å². The highest BCUT2D eigenvalue weighted by Crippen LogP contribution is 2.24. The molecule has 0 aliphatic carbocycles. The zero-order valence-electron chi connectivity index (χ0n) is 20.1. The van der Waals surface area contributed by atoms with Crippen LogP contribution in [0, 0.1) is 0 Å². The highest BCUT2D eigenvalue weighted by Gasteiger charge is 2.28. The normalized spacial score (nSPS) is 16.3. The third kappa shape index (κ3) is 6.61. The molecule has 1 saturated heterocycles. The number of nitrogens with zero attached hydrogens (tertiary/aromatic N) is 1. The van der Waals surface area contributed by atoms with Gasteiger partial charge >= 0.3 is 0 Å². The van der Waals surface area contributed by atoms with Crippen molar-refractivity contribution in [1.29, 1.82) is 0 Å². The van der Waals surface area contributed by atoms with E-state index in [1.807, 2.05) is 6.07 Å². The summed E-state index contributed by atoms with van der Waals surface area (Å²) >= 11 is 0. The highest BCUT2D eigenvalue weighted by atomic mass is 16.5. The standard InChI is InChI=1S/C28H31N3O4/c1-20(21-7-4-3-5-8-21)31-16-15-24(18-31)30-28(33)22-11-13-25(14-12-22)35-19-27(32)29-23-9-6-10-26(17-23)34-2/h3-14,17,20,24H,15-16,18-19H2,1-2H3,(H,29,32)(H,30,33). The van der Waals surface area contributed by atoms with Gasteiger partial charge in [0, 0.05) is 42.5 Å². The molecule has 3 aromatic carbocycles. The van der Waals surface area contributed by atoms with Gasteiger partial charge in [-0.1, -0.05) is 36.4 Å². The number of carbonyl (C=O) groups excluding carboxylic acids is 2. The van der Waals surface area contributed by atoms with Crippen LogP contribution in [-0.4, -0.2) is 49.6 Å². The molecule has 2 amide bonds. The van der Waals surface area contributed by atoms with E-state index in [0.29, 0.717) is 28.8 Å². The third-order valence-corrected chi connectivity index (χ3v) is 6.22. The molecule has 35 heavy (non-hydrogen) atoms. The first-order valence-electron chi connectivity index (χ1n) is 11.8. The Morgan fingerprint density at radius 3 is 2.51 bits per heavy atom. The van der Waals surface area contributed by atoms with Gasteiger partial charge in [-0.2, -0.15) is 0 Å². The molecule has 182 valence electrons. The van der Waals surface area contributed by atoms with Crippen LogP contribution in [0.5, 0.6) is 11.5 Å². The van der Waals surface area contributed by atoms with E-state index >= 15 is 0 Å². The van der Waals surface area contributed by atoms with Crippen LogP contribution >= 0.6 is 0 Å². The van der Waals surface area contributed by atoms with Gasteiger partial charge in [0.1, 0.15) is 11.5 Å². The Hall–Kier alpha value is -3.84. The Morgan fingerprint density at radius 1 is 1.00 bits per heavy atom. The van der Waals surface area contributed by atoms with Crippen LogP contribution < -0.4 is 20.1 Å². The molecule has 7 nitrogen and oxygen atoms in total. The number of likely N-dealkylation sites (tertiary alicyclic amines) is 1. The lowest BCUT2D eigenvalue weighted by Gasteiger charge is -2.24. The lowest BCUT2D eigenvalue weighted by molar-refractivity contribution is -0.118. The monoisotopic (exact) mass is 473 g/mol. The van der Waals surface area contributed by atoms with Crippen molar-refractivity contribution in [3.8, 4) is 11.5 Å². The SMILES string of the molecule is COc1cccc(NC(=O)COc2ccc(C(=O)NC3CCN(C(C)c4ccccc4)C3)cc2)c1. The van der Waals surface area contributed by atoms with Crippen molar-refractivity contribution in [2.45, 2.75) is 25.4 Å². The van der Waals surface area contributed by atoms with E-state index in [9.17, 15) is 9.59 Å². The summed E-state index contributed by atoms with van der Waals surface area (Å²) in [5, 5.41) is 5.91. The average Bonchev–Trinajstić information content (AvgIpc) is 3.36. The molecule has 0 aromatic heterocycles. The maximum Gasteiger partial charge on any atom is 0.262 e. The molecule has 0 spiro atoms. The summed E-state index contributed by atoms with van der Waals surface area (Å²) in [7, 11) is 1.57. The van der Waals surface area contributed by atoms with Gasteiger partial charge < -0.3 is 20.1 Å². The molecule has 0 bridgehead atoms. The number of ether oxygens (including phenoxy) is 2. The van der Waals surface area contributed by atoms with Crippen LogP contribution in [0.15, 0.2) is 78.9 Å². The smallest absolute Gasteiger partial charge is 0.262 e. The summed E-state index contributed by atoms with van der Waals surface area (Å²) in [5.74, 6) is 0.793. The molecule has 2 unspecified atom stereocenters. The van der Waals surface area contributed by atoms with E-state index in [1.165, 1.54) is 5.56 Å². The number of nitrogens with one attached hydrogen (secondary N) is 2. The Labute approximate surface area is 206 Å². The fraction of sp³-hybridized carbons (Fsp3) is 0.286. The summed E-state index contributed by atoms with van der Waals surface area (Å²) in [6, 6.07) is 24.8. The maximum atomic E-state index is 12.7. The quantitative estimate of drug-likeness (QED) is 0.485. The largest absolute Gasteiger partial charge is 0.497 e. The number of hydrogen-bond donors (Lipinski definition) is 2. The molecule has 0 radical (unpaired) electrons. The molecule has 2 N–H and O–H groups in total. The molecular formula is C28H31N3O4. The number of rotatable bonds is 9. The summed E-state index contributed by atoms with van der Waals surface area (Å²) in [4.78, 5) is 27.3. The molecule has 1 heterocycles. The first kappa shape index (κ1) is 24.3. The van der Waals surface area contributed by atoms with Crippen molar-refractivity contribution in [3.63, 3.8) is 0 Å². The number of methoxy groups -OCH3 is 1. The average molecular weight is 474 g/mol. The molecule has 3 aromatic rings. The number of benzene rings is 3. The van der Waals surface area contributed by atoms with E-state index in [2.05, 4.69) is 46.7 Å². The van der Waals surface area contributed by atoms with Gasteiger partial charge in [-0.3, -0.25) is 14.5 Å². The van der Waals surface area contributed by atoms with Gasteiger partial charge in [0.15, 0.2) is 6.61 Å². The molecule has 1 fully saturated rings. The van der Waals surface area contributed by atoms with Gasteiger partial charge in [0.2, 0.25) is 0 Å². The van der Waals surface area contributed by atoms with Gasteiger partial charge in [0.05, 0.1) is 7.11 Å². The second kappa shape index (κ2) is 11.5. The summed E-state index contributed by atoms with van der Waals surface area (Å²) in [5.41, 5.74) is 2.48. The van der Waals surface area contributed by atoms with Crippen LogP contribution in [0.4, 0.5) is 5.69 Å². The Balaban J connectivity index is 1.23. The van der Waals surface area contributed by atoms with Crippen LogP contribution in [0.2, 0.25) is 0 Å². The highest BCUT2D eigenvalue weighted by molar-refractivity contribution is 5.94.